The number of carbonyl (C=O) groups excluding carboxylic acids is 1. The Morgan fingerprint density at radius 3 is 2.65 bits per heavy atom. The third-order valence-electron chi connectivity index (χ3n) is 2.52. The van der Waals surface area contributed by atoms with Crippen molar-refractivity contribution in [3.63, 3.8) is 0 Å². The Hall–Kier alpha value is -2.08. The van der Waals surface area contributed by atoms with Crippen LogP contribution in [0.15, 0.2) is 48.8 Å². The molecule has 0 fully saturated rings. The molecule has 2 rings (SSSR count). The van der Waals surface area contributed by atoms with E-state index < -0.39 is 0 Å². The van der Waals surface area contributed by atoms with Crippen LogP contribution >= 0.6 is 12.4 Å². The molecule has 1 aromatic heterocycles. The molecule has 104 valence electrons. The Kier molecular flexibility index (Phi) is 5.37. The van der Waals surface area contributed by atoms with Crippen molar-refractivity contribution >= 4 is 18.4 Å². The fourth-order valence-corrected chi connectivity index (χ4v) is 1.75. The average Bonchev–Trinajstić information content (AvgIpc) is 2.48. The molecule has 0 aliphatic heterocycles. The SMILES string of the molecule is O=C(Cc1cccnc1)OCc1ccc(OSF)cc1. The summed E-state index contributed by atoms with van der Waals surface area (Å²) in [6, 6.07) is 10.2. The number of esters is 1. The number of hydrogen-bond acceptors (Lipinski definition) is 5. The molecular formula is C14H12FNO3S. The maximum atomic E-state index is 11.9. The van der Waals surface area contributed by atoms with E-state index >= 15 is 0 Å². The van der Waals surface area contributed by atoms with Gasteiger partial charge in [0.25, 0.3) is 12.4 Å². The number of aromatic nitrogens is 1. The topological polar surface area (TPSA) is 48.4 Å². The van der Waals surface area contributed by atoms with E-state index in [1.807, 2.05) is 6.07 Å². The van der Waals surface area contributed by atoms with E-state index in [-0.39, 0.29) is 31.4 Å². The molecule has 4 nitrogen and oxygen atoms in total. The van der Waals surface area contributed by atoms with Crippen molar-refractivity contribution < 1.29 is 17.6 Å². The van der Waals surface area contributed by atoms with Crippen LogP contribution in [0.2, 0.25) is 0 Å². The summed E-state index contributed by atoms with van der Waals surface area (Å²) in [5.41, 5.74) is 1.61. The molecule has 0 amide bonds. The third kappa shape index (κ3) is 4.55. The zero-order chi connectivity index (χ0) is 14.2. The lowest BCUT2D eigenvalue weighted by Crippen LogP contribution is -2.08. The van der Waals surface area contributed by atoms with Crippen molar-refractivity contribution in [2.45, 2.75) is 13.0 Å². The molecule has 0 radical (unpaired) electrons. The summed E-state index contributed by atoms with van der Waals surface area (Å²) in [6.07, 6.45) is 3.46. The summed E-state index contributed by atoms with van der Waals surface area (Å²) in [5.74, 6) is 0.0839. The van der Waals surface area contributed by atoms with Gasteiger partial charge in [0, 0.05) is 12.4 Å². The Labute approximate surface area is 120 Å². The van der Waals surface area contributed by atoms with E-state index in [1.165, 1.54) is 0 Å². The minimum atomic E-state index is -0.322. The molecule has 2 aromatic rings. The van der Waals surface area contributed by atoms with Crippen molar-refractivity contribution in [2.75, 3.05) is 0 Å². The zero-order valence-electron chi connectivity index (χ0n) is 10.5. The van der Waals surface area contributed by atoms with Gasteiger partial charge >= 0.3 is 5.97 Å². The van der Waals surface area contributed by atoms with Gasteiger partial charge in [-0.15, -0.1) is 3.89 Å². The molecule has 0 saturated carbocycles. The van der Waals surface area contributed by atoms with Crippen LogP contribution < -0.4 is 4.18 Å². The molecule has 0 unspecified atom stereocenters. The van der Waals surface area contributed by atoms with E-state index in [0.29, 0.717) is 5.75 Å². The van der Waals surface area contributed by atoms with Gasteiger partial charge in [-0.2, -0.15) is 0 Å². The monoisotopic (exact) mass is 293 g/mol. The average molecular weight is 293 g/mol. The molecule has 6 heteroatoms. The lowest BCUT2D eigenvalue weighted by Gasteiger charge is -2.05. The van der Waals surface area contributed by atoms with Crippen LogP contribution in [0.4, 0.5) is 3.89 Å². The third-order valence-corrected chi connectivity index (χ3v) is 2.78. The number of pyridine rings is 1. The quantitative estimate of drug-likeness (QED) is 0.604. The molecule has 1 heterocycles. The van der Waals surface area contributed by atoms with Gasteiger partial charge < -0.3 is 8.92 Å². The Morgan fingerprint density at radius 1 is 1.20 bits per heavy atom. The summed E-state index contributed by atoms with van der Waals surface area (Å²) in [5, 5.41) is 0. The van der Waals surface area contributed by atoms with Crippen molar-refractivity contribution in [3.8, 4) is 5.75 Å². The van der Waals surface area contributed by atoms with E-state index in [4.69, 9.17) is 4.74 Å². The van der Waals surface area contributed by atoms with Crippen LogP contribution in [0.25, 0.3) is 0 Å². The lowest BCUT2D eigenvalue weighted by atomic mass is 10.2. The highest BCUT2D eigenvalue weighted by Gasteiger charge is 2.05. The van der Waals surface area contributed by atoms with Crippen LogP contribution in [0.1, 0.15) is 11.1 Å². The predicted octanol–water partition coefficient (Wildman–Crippen LogP) is 3.28. The first-order valence-corrected chi connectivity index (χ1v) is 6.51. The van der Waals surface area contributed by atoms with Crippen LogP contribution in [0, 0.1) is 0 Å². The Bertz CT molecular complexity index is 548. The van der Waals surface area contributed by atoms with Crippen LogP contribution in [0.3, 0.4) is 0 Å². The number of ether oxygens (including phenoxy) is 1. The van der Waals surface area contributed by atoms with Gasteiger partial charge in [-0.25, -0.2) is 0 Å². The van der Waals surface area contributed by atoms with Gasteiger partial charge in [0.2, 0.25) is 0 Å². The molecule has 20 heavy (non-hydrogen) atoms. The van der Waals surface area contributed by atoms with Gasteiger partial charge in [-0.3, -0.25) is 9.78 Å². The molecule has 0 saturated heterocycles. The molecule has 0 N–H and O–H groups in total. The lowest BCUT2D eigenvalue weighted by molar-refractivity contribution is -0.144. The second-order valence-electron chi connectivity index (χ2n) is 3.99. The molecule has 0 aliphatic carbocycles. The minimum absolute atomic E-state index is 0.169. The molecule has 0 bridgehead atoms. The second kappa shape index (κ2) is 7.49. The van der Waals surface area contributed by atoms with E-state index in [1.54, 1.807) is 42.7 Å². The van der Waals surface area contributed by atoms with Gasteiger partial charge in [-0.1, -0.05) is 18.2 Å². The number of halogens is 1. The largest absolute Gasteiger partial charge is 0.461 e. The summed E-state index contributed by atoms with van der Waals surface area (Å²) in [4.78, 5) is 15.6. The van der Waals surface area contributed by atoms with Crippen molar-refractivity contribution in [2.24, 2.45) is 0 Å². The van der Waals surface area contributed by atoms with Crippen molar-refractivity contribution in [3.05, 3.63) is 59.9 Å². The molecule has 0 aliphatic rings. The fraction of sp³-hybridized carbons (Fsp3) is 0.143. The number of rotatable bonds is 6. The highest BCUT2D eigenvalue weighted by Crippen LogP contribution is 2.18. The summed E-state index contributed by atoms with van der Waals surface area (Å²) in [7, 11) is 0. The van der Waals surface area contributed by atoms with Crippen LogP contribution in [-0.4, -0.2) is 11.0 Å². The minimum Gasteiger partial charge on any atom is -0.461 e. The first kappa shape index (κ1) is 14.3. The van der Waals surface area contributed by atoms with E-state index in [9.17, 15) is 8.68 Å². The highest BCUT2D eigenvalue weighted by molar-refractivity contribution is 7.89. The van der Waals surface area contributed by atoms with Gasteiger partial charge in [0.05, 0.1) is 6.42 Å². The Morgan fingerprint density at radius 2 is 2.00 bits per heavy atom. The first-order chi connectivity index (χ1) is 9.78. The van der Waals surface area contributed by atoms with Gasteiger partial charge in [0.1, 0.15) is 12.4 Å². The van der Waals surface area contributed by atoms with Crippen LogP contribution in [0.5, 0.6) is 5.75 Å². The van der Waals surface area contributed by atoms with E-state index in [2.05, 4.69) is 9.17 Å². The van der Waals surface area contributed by atoms with Crippen molar-refractivity contribution in [1.29, 1.82) is 0 Å². The first-order valence-electron chi connectivity index (χ1n) is 5.86. The van der Waals surface area contributed by atoms with E-state index in [0.717, 1.165) is 11.1 Å². The van der Waals surface area contributed by atoms with Crippen molar-refractivity contribution in [1.82, 2.24) is 4.98 Å². The summed E-state index contributed by atoms with van der Waals surface area (Å²) >= 11 is -0.211. The maximum absolute atomic E-state index is 11.9. The second-order valence-corrected chi connectivity index (χ2v) is 4.28. The number of benzene rings is 1. The van der Waals surface area contributed by atoms with Gasteiger partial charge in [0.15, 0.2) is 0 Å². The van der Waals surface area contributed by atoms with Gasteiger partial charge in [-0.05, 0) is 29.3 Å². The number of nitrogens with zero attached hydrogens (tertiary/aromatic N) is 1. The summed E-state index contributed by atoms with van der Waals surface area (Å²) in [6.45, 7) is 0.169. The molecule has 1 aromatic carbocycles. The smallest absolute Gasteiger partial charge is 0.310 e. The number of hydrogen-bond donors (Lipinski definition) is 0. The predicted molar refractivity (Wildman–Crippen MR) is 73.5 cm³/mol. The van der Waals surface area contributed by atoms with Crippen LogP contribution in [-0.2, 0) is 22.6 Å². The maximum Gasteiger partial charge on any atom is 0.310 e. The molecular weight excluding hydrogens is 281 g/mol. The fourth-order valence-electron chi connectivity index (χ4n) is 1.56. The summed E-state index contributed by atoms with van der Waals surface area (Å²) < 4.78 is 21.6. The Balaban J connectivity index is 1.81. The molecule has 0 spiro atoms. The molecule has 0 atom stereocenters. The highest BCUT2D eigenvalue weighted by atomic mass is 32.2. The number of carbonyl (C=O) groups is 1. The normalized spacial score (nSPS) is 10.1. The standard InChI is InChI=1S/C14H12FNO3S/c15-20-19-13-5-3-11(4-6-13)10-18-14(17)8-12-2-1-7-16-9-12/h1-7,9H,8,10H2. The zero-order valence-corrected chi connectivity index (χ0v) is 11.3.